The van der Waals surface area contributed by atoms with Crippen LogP contribution in [-0.2, 0) is 20.9 Å². The molecule has 2 aromatic rings. The molecular weight excluding hydrogens is 436 g/mol. The van der Waals surface area contributed by atoms with Gasteiger partial charge in [-0.3, -0.25) is 9.59 Å². The van der Waals surface area contributed by atoms with Crippen molar-refractivity contribution in [1.82, 2.24) is 10.3 Å². The molecule has 34 heavy (non-hydrogen) atoms. The van der Waals surface area contributed by atoms with Gasteiger partial charge in [0.15, 0.2) is 0 Å². The van der Waals surface area contributed by atoms with Crippen LogP contribution in [0.1, 0.15) is 25.8 Å². The molecular formula is C25H32N4O5. The minimum absolute atomic E-state index is 0.108. The number of ether oxygens (including phenoxy) is 3. The Kier molecular flexibility index (Phi) is 7.21. The van der Waals surface area contributed by atoms with Gasteiger partial charge in [0.1, 0.15) is 17.3 Å². The Morgan fingerprint density at radius 3 is 2.53 bits per heavy atom. The summed E-state index contributed by atoms with van der Waals surface area (Å²) in [7, 11) is 3.12. The third-order valence-corrected chi connectivity index (χ3v) is 6.19. The van der Waals surface area contributed by atoms with Gasteiger partial charge >= 0.3 is 0 Å². The number of aromatic nitrogens is 1. The molecule has 3 atom stereocenters. The summed E-state index contributed by atoms with van der Waals surface area (Å²) in [6.07, 6.45) is 2.27. The molecule has 1 N–H and O–H groups in total. The number of morpholine rings is 1. The molecule has 0 saturated carbocycles. The summed E-state index contributed by atoms with van der Waals surface area (Å²) in [5, 5.41) is 2.95. The number of anilines is 2. The number of hydrogen-bond donors (Lipinski definition) is 1. The standard InChI is InChI=1S/C25H32N4O5/c1-16-13-28(14-17(2)34-16)23-8-5-18(11-26-23)12-27-25(31)19-9-24(30)29(15-19)21-7-6-20(32-3)10-22(21)33-4/h5-8,10-11,16-17,19H,9,12-15H2,1-4H3,(H,27,31). The van der Waals surface area contributed by atoms with Gasteiger partial charge in [-0.1, -0.05) is 6.07 Å². The van der Waals surface area contributed by atoms with E-state index in [1.807, 2.05) is 12.1 Å². The van der Waals surface area contributed by atoms with E-state index in [0.29, 0.717) is 30.3 Å². The van der Waals surface area contributed by atoms with Crippen molar-refractivity contribution in [3.8, 4) is 11.5 Å². The van der Waals surface area contributed by atoms with Gasteiger partial charge in [-0.2, -0.15) is 0 Å². The van der Waals surface area contributed by atoms with Crippen LogP contribution < -0.4 is 24.6 Å². The molecule has 3 heterocycles. The van der Waals surface area contributed by atoms with E-state index >= 15 is 0 Å². The highest BCUT2D eigenvalue weighted by Crippen LogP contribution is 2.35. The summed E-state index contributed by atoms with van der Waals surface area (Å²) in [5.74, 6) is 1.39. The Hall–Kier alpha value is -3.33. The maximum absolute atomic E-state index is 12.8. The molecule has 0 bridgehead atoms. The van der Waals surface area contributed by atoms with Gasteiger partial charge in [-0.15, -0.1) is 0 Å². The van der Waals surface area contributed by atoms with Gasteiger partial charge in [-0.25, -0.2) is 4.98 Å². The fourth-order valence-electron chi connectivity index (χ4n) is 4.53. The highest BCUT2D eigenvalue weighted by Gasteiger charge is 2.36. The lowest BCUT2D eigenvalue weighted by atomic mass is 10.1. The Morgan fingerprint density at radius 2 is 1.88 bits per heavy atom. The SMILES string of the molecule is COc1ccc(N2CC(C(=O)NCc3ccc(N4CC(C)OC(C)C4)nc3)CC2=O)c(OC)c1. The molecule has 0 aliphatic carbocycles. The zero-order chi connectivity index (χ0) is 24.2. The number of hydrogen-bond acceptors (Lipinski definition) is 7. The molecule has 9 nitrogen and oxygen atoms in total. The van der Waals surface area contributed by atoms with Gasteiger partial charge < -0.3 is 29.3 Å². The molecule has 2 aliphatic heterocycles. The Labute approximate surface area is 200 Å². The van der Waals surface area contributed by atoms with E-state index in [1.54, 1.807) is 43.5 Å². The monoisotopic (exact) mass is 468 g/mol. The summed E-state index contributed by atoms with van der Waals surface area (Å²) in [5.41, 5.74) is 1.54. The number of nitrogens with zero attached hydrogens (tertiary/aromatic N) is 3. The van der Waals surface area contributed by atoms with Crippen molar-refractivity contribution in [3.05, 3.63) is 42.1 Å². The first kappa shape index (κ1) is 23.8. The first-order chi connectivity index (χ1) is 16.4. The normalized spacial score (nSPS) is 22.6. The van der Waals surface area contributed by atoms with Crippen LogP contribution >= 0.6 is 0 Å². The second kappa shape index (κ2) is 10.3. The largest absolute Gasteiger partial charge is 0.497 e. The quantitative estimate of drug-likeness (QED) is 0.667. The van der Waals surface area contributed by atoms with Crippen molar-refractivity contribution in [2.45, 2.75) is 39.0 Å². The Balaban J connectivity index is 1.34. The summed E-state index contributed by atoms with van der Waals surface area (Å²) in [6.45, 7) is 6.39. The predicted molar refractivity (Wildman–Crippen MR) is 128 cm³/mol. The molecule has 1 aromatic carbocycles. The fourth-order valence-corrected chi connectivity index (χ4v) is 4.53. The van der Waals surface area contributed by atoms with E-state index in [2.05, 4.69) is 29.0 Å². The lowest BCUT2D eigenvalue weighted by Crippen LogP contribution is -2.45. The van der Waals surface area contributed by atoms with Crippen LogP contribution in [0.4, 0.5) is 11.5 Å². The molecule has 0 radical (unpaired) electrons. The van der Waals surface area contributed by atoms with E-state index in [1.165, 1.54) is 0 Å². The molecule has 2 amide bonds. The van der Waals surface area contributed by atoms with Crippen molar-refractivity contribution in [3.63, 3.8) is 0 Å². The molecule has 9 heteroatoms. The van der Waals surface area contributed by atoms with Crippen LogP contribution in [0.2, 0.25) is 0 Å². The van der Waals surface area contributed by atoms with Crippen LogP contribution in [0.25, 0.3) is 0 Å². The topological polar surface area (TPSA) is 93.2 Å². The van der Waals surface area contributed by atoms with E-state index in [4.69, 9.17) is 14.2 Å². The summed E-state index contributed by atoms with van der Waals surface area (Å²) >= 11 is 0. The van der Waals surface area contributed by atoms with E-state index in [9.17, 15) is 9.59 Å². The second-order valence-corrected chi connectivity index (χ2v) is 8.85. The van der Waals surface area contributed by atoms with E-state index < -0.39 is 5.92 Å². The summed E-state index contributed by atoms with van der Waals surface area (Å²) in [4.78, 5) is 33.8. The molecule has 4 rings (SSSR count). The predicted octanol–water partition coefficient (Wildman–Crippen LogP) is 2.38. The van der Waals surface area contributed by atoms with Gasteiger partial charge in [0, 0.05) is 44.9 Å². The first-order valence-electron chi connectivity index (χ1n) is 11.5. The molecule has 182 valence electrons. The lowest BCUT2D eigenvalue weighted by Gasteiger charge is -2.36. The number of carbonyl (C=O) groups is 2. The van der Waals surface area contributed by atoms with Gasteiger partial charge in [0.2, 0.25) is 11.8 Å². The average molecular weight is 469 g/mol. The number of benzene rings is 1. The van der Waals surface area contributed by atoms with Crippen LogP contribution in [0, 0.1) is 5.92 Å². The number of nitrogens with one attached hydrogen (secondary N) is 1. The van der Waals surface area contributed by atoms with Crippen molar-refractivity contribution >= 4 is 23.3 Å². The van der Waals surface area contributed by atoms with Crippen LogP contribution in [0.15, 0.2) is 36.5 Å². The van der Waals surface area contributed by atoms with Crippen molar-refractivity contribution in [2.75, 3.05) is 43.7 Å². The maximum atomic E-state index is 12.8. The maximum Gasteiger partial charge on any atom is 0.227 e. The van der Waals surface area contributed by atoms with Crippen molar-refractivity contribution in [2.24, 2.45) is 5.92 Å². The van der Waals surface area contributed by atoms with Gasteiger partial charge in [0.25, 0.3) is 0 Å². The van der Waals surface area contributed by atoms with Crippen LogP contribution in [-0.4, -0.2) is 62.9 Å². The fraction of sp³-hybridized carbons (Fsp3) is 0.480. The lowest BCUT2D eigenvalue weighted by molar-refractivity contribution is -0.126. The first-order valence-corrected chi connectivity index (χ1v) is 11.5. The number of pyridine rings is 1. The second-order valence-electron chi connectivity index (χ2n) is 8.85. The van der Waals surface area contributed by atoms with E-state index in [0.717, 1.165) is 24.5 Å². The zero-order valence-corrected chi connectivity index (χ0v) is 20.1. The van der Waals surface area contributed by atoms with Crippen LogP contribution in [0.3, 0.4) is 0 Å². The summed E-state index contributed by atoms with van der Waals surface area (Å²) < 4.78 is 16.4. The number of amides is 2. The Bertz CT molecular complexity index is 1020. The summed E-state index contributed by atoms with van der Waals surface area (Å²) in [6, 6.07) is 9.22. The minimum atomic E-state index is -0.428. The third kappa shape index (κ3) is 5.25. The van der Waals surface area contributed by atoms with Gasteiger partial charge in [-0.05, 0) is 37.6 Å². The number of rotatable bonds is 7. The molecule has 2 saturated heterocycles. The molecule has 1 aromatic heterocycles. The average Bonchev–Trinajstić information content (AvgIpc) is 3.23. The third-order valence-electron chi connectivity index (χ3n) is 6.19. The number of methoxy groups -OCH3 is 2. The van der Waals surface area contributed by atoms with E-state index in [-0.39, 0.29) is 30.4 Å². The Morgan fingerprint density at radius 1 is 1.12 bits per heavy atom. The smallest absolute Gasteiger partial charge is 0.227 e. The molecule has 3 unspecified atom stereocenters. The minimum Gasteiger partial charge on any atom is -0.497 e. The molecule has 0 spiro atoms. The van der Waals surface area contributed by atoms with Crippen LogP contribution in [0.5, 0.6) is 11.5 Å². The highest BCUT2D eigenvalue weighted by molar-refractivity contribution is 6.01. The molecule has 2 fully saturated rings. The van der Waals surface area contributed by atoms with Gasteiger partial charge in [0.05, 0.1) is 38.0 Å². The van der Waals surface area contributed by atoms with Crippen molar-refractivity contribution < 1.29 is 23.8 Å². The van der Waals surface area contributed by atoms with Crippen molar-refractivity contribution in [1.29, 1.82) is 0 Å². The highest BCUT2D eigenvalue weighted by atomic mass is 16.5. The number of carbonyl (C=O) groups excluding carboxylic acids is 2. The zero-order valence-electron chi connectivity index (χ0n) is 20.1. The molecule has 2 aliphatic rings.